The normalized spacial score (nSPS) is 10.7. The van der Waals surface area contributed by atoms with Crippen molar-refractivity contribution in [1.82, 2.24) is 0 Å². The van der Waals surface area contributed by atoms with E-state index in [4.69, 9.17) is 11.6 Å². The summed E-state index contributed by atoms with van der Waals surface area (Å²) in [5, 5.41) is 0.797. The van der Waals surface area contributed by atoms with Crippen molar-refractivity contribution in [2.45, 2.75) is 6.42 Å². The minimum Gasteiger partial charge on any atom is -0.0843 e. The average molecular weight is 232 g/mol. The molecule has 2 heteroatoms. The molecule has 0 saturated heterocycles. The summed E-state index contributed by atoms with van der Waals surface area (Å²) < 4.78 is 0. The van der Waals surface area contributed by atoms with Crippen LogP contribution in [0.3, 0.4) is 0 Å². The van der Waals surface area contributed by atoms with Crippen molar-refractivity contribution in [3.05, 3.63) is 45.9 Å². The van der Waals surface area contributed by atoms with Gasteiger partial charge in [-0.05, 0) is 29.1 Å². The Bertz CT molecular complexity index is 255. The van der Waals surface area contributed by atoms with Gasteiger partial charge >= 0.3 is 0 Å². The molecule has 11 heavy (non-hydrogen) atoms. The van der Waals surface area contributed by atoms with E-state index in [0.29, 0.717) is 0 Å². The Kier molecular flexibility index (Phi) is 3.67. The number of hydrogen-bond acceptors (Lipinski definition) is 0. The maximum Gasteiger partial charge on any atom is 0.0408 e. The van der Waals surface area contributed by atoms with Gasteiger partial charge in [-0.3, -0.25) is 0 Å². The molecule has 1 aromatic rings. The third-order valence-corrected chi connectivity index (χ3v) is 1.94. The largest absolute Gasteiger partial charge is 0.0843 e. The van der Waals surface area contributed by atoms with Crippen molar-refractivity contribution in [3.63, 3.8) is 0 Å². The molecule has 58 valence electrons. The summed E-state index contributed by atoms with van der Waals surface area (Å²) in [6.45, 7) is 0. The average Bonchev–Trinajstić information content (AvgIpc) is 2.01. The van der Waals surface area contributed by atoms with E-state index in [1.807, 2.05) is 29.3 Å². The predicted octanol–water partition coefficient (Wildman–Crippen LogP) is 3.79. The lowest BCUT2D eigenvalue weighted by Crippen LogP contribution is -1.78. The zero-order valence-corrected chi connectivity index (χ0v) is 8.27. The fourth-order valence-electron chi connectivity index (χ4n) is 0.845. The van der Waals surface area contributed by atoms with Crippen LogP contribution in [-0.4, -0.2) is 0 Å². The third-order valence-electron chi connectivity index (χ3n) is 1.33. The number of halogens is 2. The van der Waals surface area contributed by atoms with Gasteiger partial charge in [0.2, 0.25) is 0 Å². The Morgan fingerprint density at radius 2 is 2.27 bits per heavy atom. The van der Waals surface area contributed by atoms with Crippen LogP contribution in [0.2, 0.25) is 5.02 Å². The molecule has 1 rings (SSSR count). The smallest absolute Gasteiger partial charge is 0.0408 e. The molecule has 0 spiro atoms. The van der Waals surface area contributed by atoms with Gasteiger partial charge in [-0.2, -0.15) is 0 Å². The second kappa shape index (κ2) is 4.58. The van der Waals surface area contributed by atoms with Gasteiger partial charge in [0.25, 0.3) is 0 Å². The van der Waals surface area contributed by atoms with Crippen LogP contribution in [0.1, 0.15) is 5.56 Å². The van der Waals surface area contributed by atoms with E-state index in [1.165, 1.54) is 5.56 Å². The van der Waals surface area contributed by atoms with Crippen molar-refractivity contribution in [2.24, 2.45) is 0 Å². The van der Waals surface area contributed by atoms with E-state index >= 15 is 0 Å². The lowest BCUT2D eigenvalue weighted by atomic mass is 10.2. The minimum atomic E-state index is 0.797. The topological polar surface area (TPSA) is 0 Å². The van der Waals surface area contributed by atoms with Crippen LogP contribution in [0.15, 0.2) is 35.3 Å². The molecule has 0 bridgehead atoms. The minimum absolute atomic E-state index is 0.797. The van der Waals surface area contributed by atoms with Gasteiger partial charge < -0.3 is 0 Å². The Morgan fingerprint density at radius 1 is 1.45 bits per heavy atom. The highest BCUT2D eigenvalue weighted by molar-refractivity contribution is 9.11. The summed E-state index contributed by atoms with van der Waals surface area (Å²) in [7, 11) is 0. The fraction of sp³-hybridized carbons (Fsp3) is 0.111. The molecule has 0 nitrogen and oxygen atoms in total. The zero-order chi connectivity index (χ0) is 8.10. The lowest BCUT2D eigenvalue weighted by Gasteiger charge is -1.95. The first kappa shape index (κ1) is 8.82. The summed E-state index contributed by atoms with van der Waals surface area (Å²) >= 11 is 9.00. The van der Waals surface area contributed by atoms with Crippen LogP contribution in [0, 0.1) is 0 Å². The van der Waals surface area contributed by atoms with Crippen LogP contribution in [0.25, 0.3) is 0 Å². The van der Waals surface area contributed by atoms with Crippen LogP contribution in [0.4, 0.5) is 0 Å². The molecule has 0 aromatic heterocycles. The predicted molar refractivity (Wildman–Crippen MR) is 53.2 cm³/mol. The van der Waals surface area contributed by atoms with E-state index in [-0.39, 0.29) is 0 Å². The second-order valence-corrected chi connectivity index (χ2v) is 3.16. The molecule has 0 amide bonds. The molecular formula is C9H8BrCl. The van der Waals surface area contributed by atoms with E-state index in [2.05, 4.69) is 22.0 Å². The van der Waals surface area contributed by atoms with Gasteiger partial charge in [0.05, 0.1) is 0 Å². The van der Waals surface area contributed by atoms with Gasteiger partial charge in [0.15, 0.2) is 0 Å². The van der Waals surface area contributed by atoms with Crippen molar-refractivity contribution < 1.29 is 0 Å². The molecule has 0 aliphatic carbocycles. The van der Waals surface area contributed by atoms with Crippen LogP contribution in [-0.2, 0) is 6.42 Å². The highest BCUT2D eigenvalue weighted by atomic mass is 79.9. The summed E-state index contributed by atoms with van der Waals surface area (Å²) in [4.78, 5) is 1.86. The number of rotatable bonds is 2. The fourth-order valence-corrected chi connectivity index (χ4v) is 1.24. The summed E-state index contributed by atoms with van der Waals surface area (Å²) in [6.07, 6.45) is 2.96. The Hall–Kier alpha value is -0.270. The molecule has 0 atom stereocenters. The van der Waals surface area contributed by atoms with E-state index in [1.54, 1.807) is 0 Å². The highest BCUT2D eigenvalue weighted by Crippen LogP contribution is 2.11. The number of benzene rings is 1. The molecule has 0 aliphatic rings. The lowest BCUT2D eigenvalue weighted by molar-refractivity contribution is 1.28. The Labute approximate surface area is 80.0 Å². The summed E-state index contributed by atoms with van der Waals surface area (Å²) in [5.41, 5.74) is 1.23. The van der Waals surface area contributed by atoms with Crippen molar-refractivity contribution >= 4 is 27.5 Å². The molecule has 0 unspecified atom stereocenters. The van der Waals surface area contributed by atoms with Crippen molar-refractivity contribution in [1.29, 1.82) is 0 Å². The van der Waals surface area contributed by atoms with Gasteiger partial charge in [0.1, 0.15) is 0 Å². The SMILES string of the molecule is Clc1cccc(CC=CBr)c1. The van der Waals surface area contributed by atoms with Gasteiger partial charge in [-0.1, -0.05) is 45.7 Å². The highest BCUT2D eigenvalue weighted by Gasteiger charge is 1.89. The molecule has 0 saturated carbocycles. The quantitative estimate of drug-likeness (QED) is 0.726. The van der Waals surface area contributed by atoms with Crippen LogP contribution >= 0.6 is 27.5 Å². The first-order valence-electron chi connectivity index (χ1n) is 3.32. The zero-order valence-electron chi connectivity index (χ0n) is 5.93. The monoisotopic (exact) mass is 230 g/mol. The molecule has 0 fully saturated rings. The van der Waals surface area contributed by atoms with E-state index in [9.17, 15) is 0 Å². The first-order chi connectivity index (χ1) is 5.33. The number of allylic oxidation sites excluding steroid dienone is 1. The third kappa shape index (κ3) is 3.08. The van der Waals surface area contributed by atoms with Gasteiger partial charge in [-0.15, -0.1) is 0 Å². The van der Waals surface area contributed by atoms with Crippen molar-refractivity contribution in [2.75, 3.05) is 0 Å². The molecule has 0 N–H and O–H groups in total. The standard InChI is InChI=1S/C9H8BrCl/c10-6-2-4-8-3-1-5-9(11)7-8/h1-3,5-7H,4H2. The van der Waals surface area contributed by atoms with Crippen LogP contribution in [0.5, 0.6) is 0 Å². The van der Waals surface area contributed by atoms with Gasteiger partial charge in [0, 0.05) is 5.02 Å². The van der Waals surface area contributed by atoms with E-state index in [0.717, 1.165) is 11.4 Å². The molecule has 0 heterocycles. The molecular weight excluding hydrogens is 223 g/mol. The maximum absolute atomic E-state index is 5.79. The Balaban J connectivity index is 2.71. The Morgan fingerprint density at radius 3 is 2.91 bits per heavy atom. The van der Waals surface area contributed by atoms with Crippen molar-refractivity contribution in [3.8, 4) is 0 Å². The van der Waals surface area contributed by atoms with Gasteiger partial charge in [-0.25, -0.2) is 0 Å². The molecule has 0 aliphatic heterocycles. The molecule has 1 aromatic carbocycles. The maximum atomic E-state index is 5.79. The number of hydrogen-bond donors (Lipinski definition) is 0. The second-order valence-electron chi connectivity index (χ2n) is 2.20. The molecule has 0 radical (unpaired) electrons. The van der Waals surface area contributed by atoms with Crippen LogP contribution < -0.4 is 0 Å². The van der Waals surface area contributed by atoms with E-state index < -0.39 is 0 Å². The summed E-state index contributed by atoms with van der Waals surface area (Å²) in [6, 6.07) is 7.86. The summed E-state index contributed by atoms with van der Waals surface area (Å²) in [5.74, 6) is 0. The first-order valence-corrected chi connectivity index (χ1v) is 4.62.